The number of rotatable bonds is 7. The molecule has 0 heterocycles. The van der Waals surface area contributed by atoms with Crippen LogP contribution >= 0.6 is 0 Å². The second kappa shape index (κ2) is 8.68. The van der Waals surface area contributed by atoms with Crippen molar-refractivity contribution >= 4 is 33.3 Å². The average Bonchev–Trinajstić information content (AvgIpc) is 2.61. The van der Waals surface area contributed by atoms with E-state index in [9.17, 15) is 18.0 Å². The Hall–Kier alpha value is -2.87. The summed E-state index contributed by atoms with van der Waals surface area (Å²) in [6.07, 6.45) is 1.27. The van der Waals surface area contributed by atoms with Gasteiger partial charge in [0.05, 0.1) is 30.5 Å². The maximum atomic E-state index is 12.2. The molecule has 0 aliphatic rings. The zero-order valence-electron chi connectivity index (χ0n) is 15.4. The van der Waals surface area contributed by atoms with Gasteiger partial charge < -0.3 is 10.1 Å². The molecule has 0 fully saturated rings. The van der Waals surface area contributed by atoms with E-state index in [1.165, 1.54) is 11.4 Å². The highest BCUT2D eigenvalue weighted by Crippen LogP contribution is 2.17. The van der Waals surface area contributed by atoms with Crippen LogP contribution in [-0.4, -0.2) is 40.2 Å². The maximum absolute atomic E-state index is 12.2. The molecule has 1 N–H and O–H groups in total. The van der Waals surface area contributed by atoms with Crippen LogP contribution in [0.4, 0.5) is 11.4 Å². The number of carbonyl (C=O) groups is 2. The van der Waals surface area contributed by atoms with Gasteiger partial charge in [-0.25, -0.2) is 13.2 Å². The van der Waals surface area contributed by atoms with E-state index in [1.54, 1.807) is 55.5 Å². The van der Waals surface area contributed by atoms with E-state index in [2.05, 4.69) is 5.32 Å². The monoisotopic (exact) mass is 390 g/mol. The van der Waals surface area contributed by atoms with Crippen molar-refractivity contribution in [3.05, 3.63) is 59.7 Å². The number of amides is 1. The third-order valence-electron chi connectivity index (χ3n) is 3.84. The summed E-state index contributed by atoms with van der Waals surface area (Å²) in [6, 6.07) is 13.2. The summed E-state index contributed by atoms with van der Waals surface area (Å²) in [5, 5.41) is 2.75. The van der Waals surface area contributed by atoms with Crippen LogP contribution in [0.1, 0.15) is 22.8 Å². The van der Waals surface area contributed by atoms with Crippen LogP contribution in [0.15, 0.2) is 48.5 Å². The van der Waals surface area contributed by atoms with E-state index < -0.39 is 16.0 Å². The van der Waals surface area contributed by atoms with Crippen LogP contribution in [0.25, 0.3) is 0 Å². The first-order valence-corrected chi connectivity index (χ1v) is 10.2. The smallest absolute Gasteiger partial charge is 0.338 e. The molecular weight excluding hydrogens is 368 g/mol. The minimum Gasteiger partial charge on any atom is -0.462 e. The van der Waals surface area contributed by atoms with Crippen LogP contribution in [0.3, 0.4) is 0 Å². The van der Waals surface area contributed by atoms with Crippen molar-refractivity contribution in [1.82, 2.24) is 0 Å². The SMILES string of the molecule is CCOC(=O)c1ccc(NC(=O)Cc2ccc(N(C)S(C)(=O)=O)cc2)cc1. The van der Waals surface area contributed by atoms with Crippen LogP contribution in [0.2, 0.25) is 0 Å². The Morgan fingerprint density at radius 2 is 1.63 bits per heavy atom. The van der Waals surface area contributed by atoms with Gasteiger partial charge in [0.1, 0.15) is 0 Å². The molecule has 0 spiro atoms. The standard InChI is InChI=1S/C19H22N2O5S/c1-4-26-19(23)15-7-9-16(10-8-15)20-18(22)13-14-5-11-17(12-6-14)21(2)27(3,24)25/h5-12H,4,13H2,1-3H3,(H,20,22). The molecule has 0 unspecified atom stereocenters. The average molecular weight is 390 g/mol. The maximum Gasteiger partial charge on any atom is 0.338 e. The van der Waals surface area contributed by atoms with Crippen molar-refractivity contribution in [1.29, 1.82) is 0 Å². The van der Waals surface area contributed by atoms with Gasteiger partial charge in [-0.15, -0.1) is 0 Å². The molecule has 1 amide bonds. The van der Waals surface area contributed by atoms with Gasteiger partial charge in [0, 0.05) is 12.7 Å². The predicted molar refractivity (Wildman–Crippen MR) is 104 cm³/mol. The number of anilines is 2. The van der Waals surface area contributed by atoms with Gasteiger partial charge in [-0.3, -0.25) is 9.10 Å². The van der Waals surface area contributed by atoms with Crippen molar-refractivity contribution in [3.8, 4) is 0 Å². The van der Waals surface area contributed by atoms with Gasteiger partial charge in [-0.2, -0.15) is 0 Å². The van der Waals surface area contributed by atoms with Gasteiger partial charge in [0.25, 0.3) is 0 Å². The van der Waals surface area contributed by atoms with Crippen LogP contribution in [-0.2, 0) is 26.0 Å². The van der Waals surface area contributed by atoms with Gasteiger partial charge in [0.15, 0.2) is 0 Å². The zero-order valence-corrected chi connectivity index (χ0v) is 16.2. The number of sulfonamides is 1. The molecule has 0 atom stereocenters. The number of nitrogens with zero attached hydrogens (tertiary/aromatic N) is 1. The lowest BCUT2D eigenvalue weighted by atomic mass is 10.1. The van der Waals surface area contributed by atoms with E-state index in [0.717, 1.165) is 11.8 Å². The van der Waals surface area contributed by atoms with Crippen molar-refractivity contribution < 1.29 is 22.7 Å². The Bertz CT molecular complexity index is 906. The highest BCUT2D eigenvalue weighted by atomic mass is 32.2. The highest BCUT2D eigenvalue weighted by Gasteiger charge is 2.12. The molecule has 0 aliphatic carbocycles. The van der Waals surface area contributed by atoms with E-state index in [4.69, 9.17) is 4.74 Å². The van der Waals surface area contributed by atoms with Gasteiger partial charge in [0.2, 0.25) is 15.9 Å². The number of nitrogens with one attached hydrogen (secondary N) is 1. The number of carbonyl (C=O) groups excluding carboxylic acids is 2. The molecular formula is C19H22N2O5S. The third kappa shape index (κ3) is 5.82. The number of hydrogen-bond donors (Lipinski definition) is 1. The fraction of sp³-hybridized carbons (Fsp3) is 0.263. The molecule has 144 valence electrons. The second-order valence-electron chi connectivity index (χ2n) is 5.92. The zero-order chi connectivity index (χ0) is 20.0. The lowest BCUT2D eigenvalue weighted by Crippen LogP contribution is -2.24. The first-order chi connectivity index (χ1) is 12.7. The largest absolute Gasteiger partial charge is 0.462 e. The summed E-state index contributed by atoms with van der Waals surface area (Å²) in [6.45, 7) is 2.04. The first kappa shape index (κ1) is 20.4. The van der Waals surface area contributed by atoms with Crippen LogP contribution in [0, 0.1) is 0 Å². The summed E-state index contributed by atoms with van der Waals surface area (Å²) in [4.78, 5) is 23.8. The first-order valence-electron chi connectivity index (χ1n) is 8.30. The molecule has 2 aromatic rings. The van der Waals surface area contributed by atoms with Crippen molar-refractivity contribution in [2.75, 3.05) is 29.5 Å². The minimum absolute atomic E-state index is 0.141. The van der Waals surface area contributed by atoms with E-state index >= 15 is 0 Å². The Labute approximate surface area is 159 Å². The van der Waals surface area contributed by atoms with Gasteiger partial charge in [-0.1, -0.05) is 12.1 Å². The number of ether oxygens (including phenoxy) is 1. The lowest BCUT2D eigenvalue weighted by molar-refractivity contribution is -0.115. The van der Waals surface area contributed by atoms with Gasteiger partial charge in [-0.05, 0) is 48.9 Å². The summed E-state index contributed by atoms with van der Waals surface area (Å²) in [7, 11) is -1.86. The minimum atomic E-state index is -3.32. The Kier molecular flexibility index (Phi) is 6.57. The van der Waals surface area contributed by atoms with E-state index in [1.807, 2.05) is 0 Å². The summed E-state index contributed by atoms with van der Waals surface area (Å²) in [5.41, 5.74) is 2.26. The Morgan fingerprint density at radius 1 is 1.04 bits per heavy atom. The summed E-state index contributed by atoms with van der Waals surface area (Å²) < 4.78 is 29.1. The molecule has 0 bridgehead atoms. The van der Waals surface area contributed by atoms with Crippen molar-refractivity contribution in [3.63, 3.8) is 0 Å². The van der Waals surface area contributed by atoms with Crippen molar-refractivity contribution in [2.24, 2.45) is 0 Å². The van der Waals surface area contributed by atoms with E-state index in [0.29, 0.717) is 23.5 Å². The van der Waals surface area contributed by atoms with Crippen LogP contribution in [0.5, 0.6) is 0 Å². The van der Waals surface area contributed by atoms with Gasteiger partial charge >= 0.3 is 5.97 Å². The number of hydrogen-bond acceptors (Lipinski definition) is 5. The number of esters is 1. The normalized spacial score (nSPS) is 10.9. The quantitative estimate of drug-likeness (QED) is 0.733. The number of benzene rings is 2. The third-order valence-corrected chi connectivity index (χ3v) is 5.05. The lowest BCUT2D eigenvalue weighted by Gasteiger charge is -2.16. The molecule has 8 heteroatoms. The van der Waals surface area contributed by atoms with E-state index in [-0.39, 0.29) is 12.3 Å². The molecule has 0 aromatic heterocycles. The topological polar surface area (TPSA) is 92.8 Å². The Morgan fingerprint density at radius 3 is 2.15 bits per heavy atom. The highest BCUT2D eigenvalue weighted by molar-refractivity contribution is 7.92. The molecule has 27 heavy (non-hydrogen) atoms. The molecule has 0 radical (unpaired) electrons. The molecule has 0 saturated carbocycles. The summed E-state index contributed by atoms with van der Waals surface area (Å²) in [5.74, 6) is -0.627. The molecule has 2 aromatic carbocycles. The Balaban J connectivity index is 1.96. The second-order valence-corrected chi connectivity index (χ2v) is 7.93. The predicted octanol–water partition coefficient (Wildman–Crippen LogP) is 2.44. The molecule has 2 rings (SSSR count). The van der Waals surface area contributed by atoms with Crippen molar-refractivity contribution in [2.45, 2.75) is 13.3 Å². The fourth-order valence-corrected chi connectivity index (χ4v) is 2.81. The van der Waals surface area contributed by atoms with Crippen LogP contribution < -0.4 is 9.62 Å². The fourth-order valence-electron chi connectivity index (χ4n) is 2.31. The molecule has 7 nitrogen and oxygen atoms in total. The molecule has 0 saturated heterocycles. The molecule has 0 aliphatic heterocycles. The summed E-state index contributed by atoms with van der Waals surface area (Å²) >= 11 is 0.